The number of piperidine rings is 1. The third kappa shape index (κ3) is 4.93. The smallest absolute Gasteiger partial charge is 0.224 e. The number of pyridine rings is 1. The lowest BCUT2D eigenvalue weighted by Gasteiger charge is -2.31. The normalized spacial score (nSPS) is 16.6. The molecule has 2 aromatic rings. The number of benzene rings is 1. The second-order valence-electron chi connectivity index (χ2n) is 7.75. The van der Waals surface area contributed by atoms with E-state index in [0.29, 0.717) is 36.3 Å². The highest BCUT2D eigenvalue weighted by molar-refractivity contribution is 6.32. The van der Waals surface area contributed by atoms with Crippen molar-refractivity contribution in [1.82, 2.24) is 10.3 Å². The Labute approximate surface area is 176 Å². The van der Waals surface area contributed by atoms with Crippen LogP contribution in [0.25, 0.3) is 0 Å². The van der Waals surface area contributed by atoms with Crippen molar-refractivity contribution < 1.29 is 14.3 Å². The highest BCUT2D eigenvalue weighted by Gasteiger charge is 2.18. The van der Waals surface area contributed by atoms with Crippen molar-refractivity contribution in [2.45, 2.75) is 32.7 Å². The number of amides is 1. The molecule has 2 aliphatic heterocycles. The minimum absolute atomic E-state index is 0.0770. The van der Waals surface area contributed by atoms with E-state index in [1.807, 2.05) is 24.4 Å². The lowest BCUT2D eigenvalue weighted by Crippen LogP contribution is -2.33. The van der Waals surface area contributed by atoms with Gasteiger partial charge >= 0.3 is 0 Å². The van der Waals surface area contributed by atoms with Gasteiger partial charge in [-0.2, -0.15) is 0 Å². The predicted molar refractivity (Wildman–Crippen MR) is 113 cm³/mol. The largest absolute Gasteiger partial charge is 0.486 e. The summed E-state index contributed by atoms with van der Waals surface area (Å²) in [6, 6.07) is 7.64. The molecule has 6 nitrogen and oxygen atoms in total. The van der Waals surface area contributed by atoms with Gasteiger partial charge in [-0.3, -0.25) is 4.79 Å². The molecule has 0 bridgehead atoms. The maximum absolute atomic E-state index is 12.4. The summed E-state index contributed by atoms with van der Waals surface area (Å²) >= 11 is 6.24. The Balaban J connectivity index is 1.30. The summed E-state index contributed by atoms with van der Waals surface area (Å²) in [5.41, 5.74) is 1.78. The maximum atomic E-state index is 12.4. The first kappa shape index (κ1) is 19.8. The molecule has 29 heavy (non-hydrogen) atoms. The van der Waals surface area contributed by atoms with Crippen molar-refractivity contribution in [3.05, 3.63) is 46.6 Å². The lowest BCUT2D eigenvalue weighted by atomic mass is 9.99. The van der Waals surface area contributed by atoms with Crippen LogP contribution in [0.1, 0.15) is 30.9 Å². The van der Waals surface area contributed by atoms with Crippen molar-refractivity contribution in [1.29, 1.82) is 0 Å². The number of nitrogens with one attached hydrogen (secondary N) is 1. The molecule has 0 spiro atoms. The first-order valence-electron chi connectivity index (χ1n) is 10.1. The van der Waals surface area contributed by atoms with Crippen LogP contribution in [0.15, 0.2) is 30.5 Å². The number of halogens is 1. The van der Waals surface area contributed by atoms with Gasteiger partial charge in [-0.05, 0) is 48.1 Å². The zero-order chi connectivity index (χ0) is 20.2. The molecule has 1 aromatic heterocycles. The third-order valence-electron chi connectivity index (χ3n) is 5.43. The molecule has 1 aromatic carbocycles. The van der Waals surface area contributed by atoms with Crippen LogP contribution in [0.5, 0.6) is 11.5 Å². The fraction of sp³-hybridized carbons (Fsp3) is 0.455. The van der Waals surface area contributed by atoms with E-state index in [4.69, 9.17) is 21.1 Å². The fourth-order valence-electron chi connectivity index (χ4n) is 3.66. The van der Waals surface area contributed by atoms with Crippen LogP contribution in [0.4, 0.5) is 5.82 Å². The zero-order valence-corrected chi connectivity index (χ0v) is 17.4. The number of fused-ring (bicyclic) bond motifs is 1. The summed E-state index contributed by atoms with van der Waals surface area (Å²) in [5.74, 6) is 2.88. The molecule has 4 rings (SSSR count). The van der Waals surface area contributed by atoms with E-state index in [-0.39, 0.29) is 12.3 Å². The molecule has 0 unspecified atom stereocenters. The standard InChI is InChI=1S/C22H26ClN3O3/c1-15-4-6-26(7-5-15)20-3-2-16(13-24-20)14-25-21(27)12-17-10-18(23)22-19(11-17)28-8-9-29-22/h2-3,10-11,13,15H,4-9,12,14H2,1H3,(H,25,27). The Kier molecular flexibility index (Phi) is 6.09. The molecule has 3 heterocycles. The minimum Gasteiger partial charge on any atom is -0.486 e. The number of aromatic nitrogens is 1. The van der Waals surface area contributed by atoms with E-state index in [9.17, 15) is 4.79 Å². The molecule has 0 atom stereocenters. The predicted octanol–water partition coefficient (Wildman–Crippen LogP) is 3.60. The summed E-state index contributed by atoms with van der Waals surface area (Å²) in [5, 5.41) is 3.41. The summed E-state index contributed by atoms with van der Waals surface area (Å²) < 4.78 is 11.1. The summed E-state index contributed by atoms with van der Waals surface area (Å²) in [7, 11) is 0. The van der Waals surface area contributed by atoms with Crippen LogP contribution in [-0.2, 0) is 17.8 Å². The minimum atomic E-state index is -0.0770. The van der Waals surface area contributed by atoms with Gasteiger partial charge in [0.1, 0.15) is 19.0 Å². The molecule has 1 saturated heterocycles. The van der Waals surface area contributed by atoms with Crippen molar-refractivity contribution in [3.8, 4) is 11.5 Å². The lowest BCUT2D eigenvalue weighted by molar-refractivity contribution is -0.120. The van der Waals surface area contributed by atoms with E-state index >= 15 is 0 Å². The number of hydrogen-bond donors (Lipinski definition) is 1. The maximum Gasteiger partial charge on any atom is 0.224 e. The Morgan fingerprint density at radius 1 is 1.21 bits per heavy atom. The Morgan fingerprint density at radius 3 is 2.76 bits per heavy atom. The third-order valence-corrected chi connectivity index (χ3v) is 5.71. The monoisotopic (exact) mass is 415 g/mol. The average molecular weight is 416 g/mol. The number of nitrogens with zero attached hydrogens (tertiary/aromatic N) is 2. The van der Waals surface area contributed by atoms with Gasteiger partial charge in [-0.1, -0.05) is 24.6 Å². The number of ether oxygens (including phenoxy) is 2. The molecule has 0 saturated carbocycles. The summed E-state index contributed by atoms with van der Waals surface area (Å²) in [6.07, 6.45) is 4.50. The molecule has 0 aliphatic carbocycles. The van der Waals surface area contributed by atoms with E-state index in [1.165, 1.54) is 12.8 Å². The van der Waals surface area contributed by atoms with Crippen molar-refractivity contribution >= 4 is 23.3 Å². The van der Waals surface area contributed by atoms with Crippen LogP contribution >= 0.6 is 11.6 Å². The van der Waals surface area contributed by atoms with Gasteiger partial charge in [-0.25, -0.2) is 4.98 Å². The van der Waals surface area contributed by atoms with Gasteiger partial charge in [0.2, 0.25) is 5.91 Å². The molecule has 2 aliphatic rings. The number of carbonyl (C=O) groups is 1. The zero-order valence-electron chi connectivity index (χ0n) is 16.6. The topological polar surface area (TPSA) is 63.7 Å². The van der Waals surface area contributed by atoms with Gasteiger partial charge in [0.05, 0.1) is 11.4 Å². The van der Waals surface area contributed by atoms with Crippen LogP contribution in [-0.4, -0.2) is 37.2 Å². The summed E-state index contributed by atoms with van der Waals surface area (Å²) in [4.78, 5) is 19.3. The van der Waals surface area contributed by atoms with Crippen LogP contribution in [0.3, 0.4) is 0 Å². The van der Waals surface area contributed by atoms with Gasteiger partial charge in [0.15, 0.2) is 11.5 Å². The van der Waals surface area contributed by atoms with E-state index in [1.54, 1.807) is 6.07 Å². The van der Waals surface area contributed by atoms with E-state index in [0.717, 1.165) is 36.0 Å². The molecular formula is C22H26ClN3O3. The van der Waals surface area contributed by atoms with Crippen LogP contribution in [0.2, 0.25) is 5.02 Å². The van der Waals surface area contributed by atoms with Crippen LogP contribution in [0, 0.1) is 5.92 Å². The molecule has 1 fully saturated rings. The highest BCUT2D eigenvalue weighted by Crippen LogP contribution is 2.38. The quantitative estimate of drug-likeness (QED) is 0.808. The second kappa shape index (κ2) is 8.91. The van der Waals surface area contributed by atoms with Gasteiger partial charge in [0.25, 0.3) is 0 Å². The number of hydrogen-bond acceptors (Lipinski definition) is 5. The summed E-state index contributed by atoms with van der Waals surface area (Å²) in [6.45, 7) is 5.83. The Morgan fingerprint density at radius 2 is 2.00 bits per heavy atom. The molecule has 7 heteroatoms. The van der Waals surface area contributed by atoms with Gasteiger partial charge in [0, 0.05) is 25.8 Å². The number of anilines is 1. The molecular weight excluding hydrogens is 390 g/mol. The van der Waals surface area contributed by atoms with Crippen molar-refractivity contribution in [3.63, 3.8) is 0 Å². The Hall–Kier alpha value is -2.47. The van der Waals surface area contributed by atoms with Crippen molar-refractivity contribution in [2.75, 3.05) is 31.2 Å². The van der Waals surface area contributed by atoms with E-state index < -0.39 is 0 Å². The first-order chi connectivity index (χ1) is 14.1. The average Bonchev–Trinajstić information content (AvgIpc) is 2.73. The van der Waals surface area contributed by atoms with E-state index in [2.05, 4.69) is 22.1 Å². The van der Waals surface area contributed by atoms with Crippen LogP contribution < -0.4 is 19.7 Å². The molecule has 1 N–H and O–H groups in total. The number of carbonyl (C=O) groups excluding carboxylic acids is 1. The second-order valence-corrected chi connectivity index (χ2v) is 8.16. The van der Waals surface area contributed by atoms with Crippen molar-refractivity contribution in [2.24, 2.45) is 5.92 Å². The highest BCUT2D eigenvalue weighted by atomic mass is 35.5. The number of rotatable bonds is 5. The fourth-order valence-corrected chi connectivity index (χ4v) is 3.95. The SMILES string of the molecule is CC1CCN(c2ccc(CNC(=O)Cc3cc(Cl)c4c(c3)OCCO4)cn2)CC1. The van der Waals surface area contributed by atoms with Gasteiger partial charge in [-0.15, -0.1) is 0 Å². The molecule has 0 radical (unpaired) electrons. The first-order valence-corrected chi connectivity index (χ1v) is 10.5. The van der Waals surface area contributed by atoms with Gasteiger partial charge < -0.3 is 19.7 Å². The Bertz CT molecular complexity index is 864. The molecule has 1 amide bonds. The molecule has 154 valence electrons.